The Hall–Kier alpha value is -0.300. The van der Waals surface area contributed by atoms with Gasteiger partial charge in [0.05, 0.1) is 6.10 Å². The first-order valence-electron chi connectivity index (χ1n) is 8.07. The Bertz CT molecular complexity index is 242. The molecule has 2 aliphatic carbocycles. The highest BCUT2D eigenvalue weighted by Crippen LogP contribution is 2.40. The Kier molecular flexibility index (Phi) is 5.75. The SMILES string of the molecule is C/C=C/[C@H]1CC[C@H](C2CCC(OCC)CC2)CC1. The molecule has 0 aromatic heterocycles. The van der Waals surface area contributed by atoms with Gasteiger partial charge in [0.25, 0.3) is 0 Å². The molecular weight excluding hydrogens is 220 g/mol. The van der Waals surface area contributed by atoms with Gasteiger partial charge in [-0.2, -0.15) is 0 Å². The molecule has 2 rings (SSSR count). The maximum absolute atomic E-state index is 5.76. The summed E-state index contributed by atoms with van der Waals surface area (Å²) < 4.78 is 5.76. The molecule has 0 bridgehead atoms. The number of hydrogen-bond acceptors (Lipinski definition) is 1. The number of ether oxygens (including phenoxy) is 1. The summed E-state index contributed by atoms with van der Waals surface area (Å²) in [7, 11) is 0. The Morgan fingerprint density at radius 1 is 0.889 bits per heavy atom. The second-order valence-corrected chi connectivity index (χ2v) is 6.19. The summed E-state index contributed by atoms with van der Waals surface area (Å²) in [6.45, 7) is 5.17. The van der Waals surface area contributed by atoms with Gasteiger partial charge in [-0.3, -0.25) is 0 Å². The number of hydrogen-bond donors (Lipinski definition) is 0. The van der Waals surface area contributed by atoms with E-state index < -0.39 is 0 Å². The molecule has 2 fully saturated rings. The lowest BCUT2D eigenvalue weighted by Crippen LogP contribution is -2.28. The third kappa shape index (κ3) is 3.85. The predicted molar refractivity (Wildman–Crippen MR) is 77.6 cm³/mol. The molecule has 2 aliphatic rings. The molecule has 0 atom stereocenters. The van der Waals surface area contributed by atoms with Crippen LogP contribution in [0.3, 0.4) is 0 Å². The monoisotopic (exact) mass is 250 g/mol. The molecule has 2 saturated carbocycles. The average Bonchev–Trinajstić information content (AvgIpc) is 2.41. The van der Waals surface area contributed by atoms with Crippen LogP contribution in [0.1, 0.15) is 65.2 Å². The maximum Gasteiger partial charge on any atom is 0.0575 e. The zero-order valence-corrected chi connectivity index (χ0v) is 12.2. The first-order valence-corrected chi connectivity index (χ1v) is 8.07. The summed E-state index contributed by atoms with van der Waals surface area (Å²) in [4.78, 5) is 0. The van der Waals surface area contributed by atoms with Crippen molar-refractivity contribution in [3.8, 4) is 0 Å². The first-order chi connectivity index (χ1) is 8.83. The van der Waals surface area contributed by atoms with E-state index in [0.717, 1.165) is 24.4 Å². The molecular formula is C17H30O. The molecule has 0 amide bonds. The van der Waals surface area contributed by atoms with Crippen LogP contribution in [0.25, 0.3) is 0 Å². The quantitative estimate of drug-likeness (QED) is 0.640. The third-order valence-corrected chi connectivity index (χ3v) is 5.07. The van der Waals surface area contributed by atoms with E-state index in [4.69, 9.17) is 4.74 Å². The third-order valence-electron chi connectivity index (χ3n) is 5.07. The molecule has 0 unspecified atom stereocenters. The fourth-order valence-electron chi connectivity index (χ4n) is 4.04. The zero-order chi connectivity index (χ0) is 12.8. The molecule has 0 saturated heterocycles. The van der Waals surface area contributed by atoms with Crippen molar-refractivity contribution in [1.82, 2.24) is 0 Å². The summed E-state index contributed by atoms with van der Waals surface area (Å²) in [5.41, 5.74) is 0. The van der Waals surface area contributed by atoms with Crippen molar-refractivity contribution < 1.29 is 4.74 Å². The molecule has 0 aromatic carbocycles. The lowest BCUT2D eigenvalue weighted by molar-refractivity contribution is 0.0142. The van der Waals surface area contributed by atoms with Crippen molar-refractivity contribution in [3.05, 3.63) is 12.2 Å². The lowest BCUT2D eigenvalue weighted by atomic mass is 9.70. The van der Waals surface area contributed by atoms with Crippen molar-refractivity contribution in [3.63, 3.8) is 0 Å². The molecule has 0 radical (unpaired) electrons. The minimum absolute atomic E-state index is 0.575. The van der Waals surface area contributed by atoms with E-state index in [1.165, 1.54) is 51.4 Å². The van der Waals surface area contributed by atoms with Crippen LogP contribution < -0.4 is 0 Å². The van der Waals surface area contributed by atoms with Gasteiger partial charge in [0.2, 0.25) is 0 Å². The minimum Gasteiger partial charge on any atom is -0.379 e. The molecule has 0 heterocycles. The molecule has 0 N–H and O–H groups in total. The highest BCUT2D eigenvalue weighted by Gasteiger charge is 2.30. The van der Waals surface area contributed by atoms with Gasteiger partial charge in [-0.25, -0.2) is 0 Å². The van der Waals surface area contributed by atoms with E-state index in [-0.39, 0.29) is 0 Å². The maximum atomic E-state index is 5.76. The Labute approximate surface area is 113 Å². The predicted octanol–water partition coefficient (Wildman–Crippen LogP) is 4.96. The molecule has 1 nitrogen and oxygen atoms in total. The summed E-state index contributed by atoms with van der Waals surface area (Å²) in [5, 5.41) is 0. The van der Waals surface area contributed by atoms with Crippen molar-refractivity contribution in [2.24, 2.45) is 17.8 Å². The smallest absolute Gasteiger partial charge is 0.0575 e. The molecule has 0 aliphatic heterocycles. The van der Waals surface area contributed by atoms with Gasteiger partial charge in [-0.1, -0.05) is 12.2 Å². The van der Waals surface area contributed by atoms with E-state index in [9.17, 15) is 0 Å². The topological polar surface area (TPSA) is 9.23 Å². The molecule has 0 aromatic rings. The second-order valence-electron chi connectivity index (χ2n) is 6.19. The summed E-state index contributed by atoms with van der Waals surface area (Å²) >= 11 is 0. The van der Waals surface area contributed by atoms with Crippen LogP contribution in [-0.4, -0.2) is 12.7 Å². The Morgan fingerprint density at radius 3 is 1.94 bits per heavy atom. The second kappa shape index (κ2) is 7.33. The Balaban J connectivity index is 1.71. The van der Waals surface area contributed by atoms with E-state index in [1.807, 2.05) is 0 Å². The van der Waals surface area contributed by atoms with Crippen LogP contribution >= 0.6 is 0 Å². The zero-order valence-electron chi connectivity index (χ0n) is 12.2. The fraction of sp³-hybridized carbons (Fsp3) is 0.882. The number of allylic oxidation sites excluding steroid dienone is 2. The van der Waals surface area contributed by atoms with Gasteiger partial charge in [-0.15, -0.1) is 0 Å². The number of rotatable bonds is 4. The minimum atomic E-state index is 0.575. The Morgan fingerprint density at radius 2 is 1.44 bits per heavy atom. The fourth-order valence-corrected chi connectivity index (χ4v) is 4.04. The van der Waals surface area contributed by atoms with Gasteiger partial charge >= 0.3 is 0 Å². The first kappa shape index (κ1) is 14.1. The van der Waals surface area contributed by atoms with Crippen LogP contribution in [0.5, 0.6) is 0 Å². The summed E-state index contributed by atoms with van der Waals surface area (Å²) in [6, 6.07) is 0. The standard InChI is InChI=1S/C17H30O/c1-3-5-14-6-8-15(9-7-14)16-10-12-17(13-11-16)18-4-2/h3,5,14-17H,4,6-13H2,1-2H3/b5-3+/t14-,15-,16?,17?. The summed E-state index contributed by atoms with van der Waals surface area (Å²) in [5.74, 6) is 2.91. The van der Waals surface area contributed by atoms with Crippen molar-refractivity contribution in [2.75, 3.05) is 6.61 Å². The van der Waals surface area contributed by atoms with Crippen LogP contribution in [0.2, 0.25) is 0 Å². The highest BCUT2D eigenvalue weighted by atomic mass is 16.5. The van der Waals surface area contributed by atoms with Crippen LogP contribution in [0.15, 0.2) is 12.2 Å². The molecule has 0 spiro atoms. The van der Waals surface area contributed by atoms with Crippen molar-refractivity contribution in [1.29, 1.82) is 0 Å². The van der Waals surface area contributed by atoms with Gasteiger partial charge in [0, 0.05) is 6.61 Å². The highest BCUT2D eigenvalue weighted by molar-refractivity contribution is 4.90. The van der Waals surface area contributed by atoms with Gasteiger partial charge < -0.3 is 4.74 Å². The van der Waals surface area contributed by atoms with E-state index >= 15 is 0 Å². The van der Waals surface area contributed by atoms with Crippen molar-refractivity contribution in [2.45, 2.75) is 71.3 Å². The lowest BCUT2D eigenvalue weighted by Gasteiger charge is -2.37. The van der Waals surface area contributed by atoms with Crippen LogP contribution in [-0.2, 0) is 4.74 Å². The molecule has 18 heavy (non-hydrogen) atoms. The van der Waals surface area contributed by atoms with Gasteiger partial charge in [0.15, 0.2) is 0 Å². The van der Waals surface area contributed by atoms with E-state index in [2.05, 4.69) is 26.0 Å². The summed E-state index contributed by atoms with van der Waals surface area (Å²) in [6.07, 6.45) is 16.5. The average molecular weight is 250 g/mol. The van der Waals surface area contributed by atoms with Crippen LogP contribution in [0.4, 0.5) is 0 Å². The normalized spacial score (nSPS) is 38.1. The van der Waals surface area contributed by atoms with Crippen LogP contribution in [0, 0.1) is 17.8 Å². The van der Waals surface area contributed by atoms with Crippen molar-refractivity contribution >= 4 is 0 Å². The largest absolute Gasteiger partial charge is 0.379 e. The van der Waals surface area contributed by atoms with Gasteiger partial charge in [-0.05, 0) is 83.0 Å². The van der Waals surface area contributed by atoms with E-state index in [1.54, 1.807) is 0 Å². The van der Waals surface area contributed by atoms with E-state index in [0.29, 0.717) is 6.10 Å². The molecule has 104 valence electrons. The molecule has 1 heteroatoms. The van der Waals surface area contributed by atoms with Gasteiger partial charge in [0.1, 0.15) is 0 Å².